The summed E-state index contributed by atoms with van der Waals surface area (Å²) in [4.78, 5) is 0. The van der Waals surface area contributed by atoms with Crippen LogP contribution in [0.15, 0.2) is 16.5 Å². The van der Waals surface area contributed by atoms with Crippen LogP contribution in [0.2, 0.25) is 0 Å². The van der Waals surface area contributed by atoms with Gasteiger partial charge in [0.15, 0.2) is 0 Å². The molecule has 0 aliphatic heterocycles. The molecular formula is C16H23NO. The molecule has 0 aliphatic rings. The van der Waals surface area contributed by atoms with E-state index in [1.807, 2.05) is 7.05 Å². The van der Waals surface area contributed by atoms with Gasteiger partial charge in [0.25, 0.3) is 0 Å². The van der Waals surface area contributed by atoms with Gasteiger partial charge in [-0.15, -0.1) is 0 Å². The smallest absolute Gasteiger partial charge is 0.137 e. The Morgan fingerprint density at radius 3 is 2.44 bits per heavy atom. The van der Waals surface area contributed by atoms with Gasteiger partial charge >= 0.3 is 0 Å². The van der Waals surface area contributed by atoms with Crippen molar-refractivity contribution in [3.05, 3.63) is 34.6 Å². The quantitative estimate of drug-likeness (QED) is 0.881. The molecule has 0 unspecified atom stereocenters. The summed E-state index contributed by atoms with van der Waals surface area (Å²) in [6, 6.07) is 4.34. The number of benzene rings is 1. The first-order chi connectivity index (χ1) is 8.54. The molecule has 0 spiro atoms. The molecular weight excluding hydrogens is 222 g/mol. The highest BCUT2D eigenvalue weighted by Gasteiger charge is 2.17. The molecule has 0 saturated heterocycles. The van der Waals surface area contributed by atoms with Crippen molar-refractivity contribution in [2.45, 2.75) is 40.7 Å². The maximum absolute atomic E-state index is 6.09. The molecule has 1 aromatic carbocycles. The van der Waals surface area contributed by atoms with Gasteiger partial charge in [0.05, 0.1) is 6.54 Å². The normalized spacial score (nSPS) is 11.7. The van der Waals surface area contributed by atoms with Crippen LogP contribution in [0.1, 0.15) is 36.3 Å². The van der Waals surface area contributed by atoms with E-state index >= 15 is 0 Å². The fraction of sp³-hybridized carbons (Fsp3) is 0.500. The minimum absolute atomic E-state index is 0.640. The largest absolute Gasteiger partial charge is 0.459 e. The second kappa shape index (κ2) is 5.15. The number of aryl methyl sites for hydroxylation is 2. The molecule has 2 aromatic rings. The van der Waals surface area contributed by atoms with Crippen molar-refractivity contribution in [1.82, 2.24) is 5.32 Å². The topological polar surface area (TPSA) is 25.2 Å². The van der Waals surface area contributed by atoms with Crippen LogP contribution < -0.4 is 5.32 Å². The SMILES string of the molecule is CNCc1oc2c(C)ccc(C)c2c1CC(C)C. The third kappa shape index (κ3) is 2.30. The summed E-state index contributed by atoms with van der Waals surface area (Å²) in [7, 11) is 1.96. The number of rotatable bonds is 4. The van der Waals surface area contributed by atoms with Gasteiger partial charge in [0.2, 0.25) is 0 Å². The average Bonchev–Trinajstić information content (AvgIpc) is 2.64. The van der Waals surface area contributed by atoms with Crippen LogP contribution in [-0.2, 0) is 13.0 Å². The van der Waals surface area contributed by atoms with Gasteiger partial charge in [0, 0.05) is 10.9 Å². The van der Waals surface area contributed by atoms with Crippen molar-refractivity contribution in [1.29, 1.82) is 0 Å². The Morgan fingerprint density at radius 1 is 1.17 bits per heavy atom. The highest BCUT2D eigenvalue weighted by atomic mass is 16.3. The predicted molar refractivity (Wildman–Crippen MR) is 77.0 cm³/mol. The molecule has 1 heterocycles. The first-order valence-corrected chi connectivity index (χ1v) is 6.69. The van der Waals surface area contributed by atoms with Crippen molar-refractivity contribution in [3.63, 3.8) is 0 Å². The number of nitrogens with one attached hydrogen (secondary N) is 1. The number of furan rings is 1. The fourth-order valence-electron chi connectivity index (χ4n) is 2.54. The van der Waals surface area contributed by atoms with Crippen LogP contribution in [0.5, 0.6) is 0 Å². The zero-order chi connectivity index (χ0) is 13.3. The zero-order valence-corrected chi connectivity index (χ0v) is 12.1. The van der Waals surface area contributed by atoms with E-state index in [1.54, 1.807) is 0 Å². The van der Waals surface area contributed by atoms with Gasteiger partial charge < -0.3 is 9.73 Å². The molecule has 0 aliphatic carbocycles. The Morgan fingerprint density at radius 2 is 1.83 bits per heavy atom. The number of hydrogen-bond acceptors (Lipinski definition) is 2. The molecule has 18 heavy (non-hydrogen) atoms. The van der Waals surface area contributed by atoms with Crippen molar-refractivity contribution < 1.29 is 4.42 Å². The standard InChI is InChI=1S/C16H23NO/c1-10(2)8-13-14(9-17-5)18-16-12(4)7-6-11(3)15(13)16/h6-7,10,17H,8-9H2,1-5H3. The molecule has 98 valence electrons. The molecule has 0 radical (unpaired) electrons. The lowest BCUT2D eigenvalue weighted by molar-refractivity contribution is 0.514. The summed E-state index contributed by atoms with van der Waals surface area (Å²) < 4.78 is 6.09. The van der Waals surface area contributed by atoms with E-state index in [9.17, 15) is 0 Å². The molecule has 0 saturated carbocycles. The third-order valence-corrected chi connectivity index (χ3v) is 3.38. The van der Waals surface area contributed by atoms with Gasteiger partial charge in [-0.1, -0.05) is 26.0 Å². The van der Waals surface area contributed by atoms with E-state index in [0.717, 1.165) is 24.3 Å². The molecule has 2 heteroatoms. The monoisotopic (exact) mass is 245 g/mol. The van der Waals surface area contributed by atoms with Crippen LogP contribution in [0.3, 0.4) is 0 Å². The minimum atomic E-state index is 0.640. The van der Waals surface area contributed by atoms with Crippen LogP contribution in [0.25, 0.3) is 11.0 Å². The maximum atomic E-state index is 6.09. The van der Waals surface area contributed by atoms with E-state index in [0.29, 0.717) is 5.92 Å². The van der Waals surface area contributed by atoms with Gasteiger partial charge in [-0.25, -0.2) is 0 Å². The van der Waals surface area contributed by atoms with Crippen molar-refractivity contribution in [2.75, 3.05) is 7.05 Å². The highest BCUT2D eigenvalue weighted by Crippen LogP contribution is 2.32. The minimum Gasteiger partial charge on any atom is -0.459 e. The summed E-state index contributed by atoms with van der Waals surface area (Å²) >= 11 is 0. The van der Waals surface area contributed by atoms with Gasteiger partial charge in [0.1, 0.15) is 11.3 Å². The molecule has 2 rings (SSSR count). The van der Waals surface area contributed by atoms with Crippen molar-refractivity contribution in [3.8, 4) is 0 Å². The first-order valence-electron chi connectivity index (χ1n) is 6.69. The van der Waals surface area contributed by atoms with Crippen LogP contribution in [0, 0.1) is 19.8 Å². The molecule has 1 N–H and O–H groups in total. The Bertz CT molecular complexity index is 552. The van der Waals surface area contributed by atoms with Crippen molar-refractivity contribution in [2.24, 2.45) is 5.92 Å². The summed E-state index contributed by atoms with van der Waals surface area (Å²) in [6.07, 6.45) is 1.08. The predicted octanol–water partition coefficient (Wildman–Crippen LogP) is 3.97. The second-order valence-corrected chi connectivity index (χ2v) is 5.54. The van der Waals surface area contributed by atoms with Gasteiger partial charge in [-0.05, 0) is 44.4 Å². The molecule has 0 fully saturated rings. The summed E-state index contributed by atoms with van der Waals surface area (Å²) in [5.41, 5.74) is 4.99. The number of fused-ring (bicyclic) bond motifs is 1. The molecule has 2 nitrogen and oxygen atoms in total. The average molecular weight is 245 g/mol. The van der Waals surface area contributed by atoms with Crippen LogP contribution in [0.4, 0.5) is 0 Å². The van der Waals surface area contributed by atoms with E-state index in [4.69, 9.17) is 4.42 Å². The number of hydrogen-bond donors (Lipinski definition) is 1. The maximum Gasteiger partial charge on any atom is 0.137 e. The molecule has 1 aromatic heterocycles. The first kappa shape index (κ1) is 13.2. The van der Waals surface area contributed by atoms with Gasteiger partial charge in [-0.2, -0.15) is 0 Å². The highest BCUT2D eigenvalue weighted by molar-refractivity contribution is 5.88. The van der Waals surface area contributed by atoms with E-state index < -0.39 is 0 Å². The van der Waals surface area contributed by atoms with Crippen molar-refractivity contribution >= 4 is 11.0 Å². The van der Waals surface area contributed by atoms with Crippen LogP contribution in [-0.4, -0.2) is 7.05 Å². The summed E-state index contributed by atoms with van der Waals surface area (Å²) in [5, 5.41) is 4.53. The Labute approximate surface area is 109 Å². The van der Waals surface area contributed by atoms with E-state index in [2.05, 4.69) is 45.1 Å². The second-order valence-electron chi connectivity index (χ2n) is 5.54. The Hall–Kier alpha value is -1.28. The van der Waals surface area contributed by atoms with Crippen LogP contribution >= 0.6 is 0 Å². The lowest BCUT2D eigenvalue weighted by Gasteiger charge is -2.07. The Balaban J connectivity index is 2.68. The zero-order valence-electron chi connectivity index (χ0n) is 12.1. The fourth-order valence-corrected chi connectivity index (χ4v) is 2.54. The van der Waals surface area contributed by atoms with Gasteiger partial charge in [-0.3, -0.25) is 0 Å². The molecule has 0 amide bonds. The lowest BCUT2D eigenvalue weighted by atomic mass is 9.96. The molecule has 0 atom stereocenters. The third-order valence-electron chi connectivity index (χ3n) is 3.38. The molecule has 0 bridgehead atoms. The summed E-state index contributed by atoms with van der Waals surface area (Å²) in [6.45, 7) is 9.60. The summed E-state index contributed by atoms with van der Waals surface area (Å²) in [5.74, 6) is 1.74. The van der Waals surface area contributed by atoms with E-state index in [1.165, 1.54) is 22.1 Å². The Kier molecular flexibility index (Phi) is 3.76. The van der Waals surface area contributed by atoms with E-state index in [-0.39, 0.29) is 0 Å². The lowest BCUT2D eigenvalue weighted by Crippen LogP contribution is -2.07.